The third kappa shape index (κ3) is 3.17. The van der Waals surface area contributed by atoms with E-state index in [2.05, 4.69) is 20.8 Å². The van der Waals surface area contributed by atoms with Crippen LogP contribution in [-0.2, 0) is 15.3 Å². The smallest absolute Gasteiger partial charge is 0.187 e. The fourth-order valence-corrected chi connectivity index (χ4v) is 2.98. The molecule has 0 saturated heterocycles. The molecule has 0 radical (unpaired) electrons. The number of sulfone groups is 1. The summed E-state index contributed by atoms with van der Waals surface area (Å²) in [5.41, 5.74) is 1.21. The summed E-state index contributed by atoms with van der Waals surface area (Å²) in [7, 11) is -3.07. The predicted molar refractivity (Wildman–Crippen MR) is 71.2 cm³/mol. The van der Waals surface area contributed by atoms with E-state index in [0.29, 0.717) is 4.90 Å². The number of benzene rings is 1. The maximum Gasteiger partial charge on any atom is 0.187 e. The maximum absolute atomic E-state index is 11.6. The van der Waals surface area contributed by atoms with E-state index in [0.717, 1.165) is 5.56 Å². The van der Waals surface area contributed by atoms with E-state index in [1.54, 1.807) is 12.1 Å². The molecule has 1 rings (SSSR count). The van der Waals surface area contributed by atoms with Crippen molar-refractivity contribution in [3.8, 4) is 0 Å². The first-order valence-corrected chi connectivity index (χ1v) is 7.84. The van der Waals surface area contributed by atoms with Crippen molar-refractivity contribution in [3.05, 3.63) is 29.8 Å². The van der Waals surface area contributed by atoms with Crippen LogP contribution in [0, 0.1) is 0 Å². The second kappa shape index (κ2) is 4.41. The van der Waals surface area contributed by atoms with E-state index in [-0.39, 0.29) is 9.17 Å². The zero-order valence-electron chi connectivity index (χ0n) is 9.12. The Hall–Kier alpha value is -0.100. The molecule has 0 aliphatic rings. The summed E-state index contributed by atoms with van der Waals surface area (Å²) in [6.45, 7) is 6.32. The molecule has 1 aromatic rings. The van der Waals surface area contributed by atoms with Crippen LogP contribution in [0.5, 0.6) is 0 Å². The highest BCUT2D eigenvalue weighted by Crippen LogP contribution is 2.24. The number of rotatable bonds is 2. The maximum atomic E-state index is 11.6. The summed E-state index contributed by atoms with van der Waals surface area (Å²) in [4.78, 5) is 0.407. The van der Waals surface area contributed by atoms with Crippen molar-refractivity contribution in [3.63, 3.8) is 0 Å². The van der Waals surface area contributed by atoms with Crippen LogP contribution >= 0.6 is 22.6 Å². The van der Waals surface area contributed by atoms with Crippen molar-refractivity contribution in [2.75, 3.05) is 3.76 Å². The second-order valence-electron chi connectivity index (χ2n) is 4.50. The lowest BCUT2D eigenvalue weighted by Crippen LogP contribution is -2.11. The highest BCUT2D eigenvalue weighted by atomic mass is 127. The zero-order chi connectivity index (χ0) is 11.7. The Labute approximate surface area is 105 Å². The topological polar surface area (TPSA) is 34.1 Å². The summed E-state index contributed by atoms with van der Waals surface area (Å²) in [6.07, 6.45) is 0. The minimum atomic E-state index is -3.07. The highest BCUT2D eigenvalue weighted by Gasteiger charge is 2.16. The van der Waals surface area contributed by atoms with Crippen LogP contribution in [0.25, 0.3) is 0 Å². The molecule has 0 bridgehead atoms. The molecule has 0 spiro atoms. The Bertz CT molecular complexity index is 427. The Morgan fingerprint density at radius 2 is 1.60 bits per heavy atom. The summed E-state index contributed by atoms with van der Waals surface area (Å²) in [5, 5.41) is 0. The number of hydrogen-bond acceptors (Lipinski definition) is 2. The van der Waals surface area contributed by atoms with Gasteiger partial charge in [-0.3, -0.25) is 0 Å². The van der Waals surface area contributed by atoms with Gasteiger partial charge >= 0.3 is 0 Å². The highest BCUT2D eigenvalue weighted by molar-refractivity contribution is 14.1. The molecule has 0 aliphatic heterocycles. The number of alkyl halides is 1. The van der Waals surface area contributed by atoms with Gasteiger partial charge in [-0.15, -0.1) is 0 Å². The fraction of sp³-hybridized carbons (Fsp3) is 0.455. The molecule has 0 N–H and O–H groups in total. The fourth-order valence-electron chi connectivity index (χ4n) is 1.23. The molecule has 0 saturated carbocycles. The van der Waals surface area contributed by atoms with Gasteiger partial charge in [-0.2, -0.15) is 0 Å². The molecule has 1 aromatic carbocycles. The Morgan fingerprint density at radius 1 is 1.13 bits per heavy atom. The lowest BCUT2D eigenvalue weighted by molar-refractivity contribution is 0.587. The molecular formula is C11H15IO2S. The van der Waals surface area contributed by atoms with Crippen molar-refractivity contribution in [2.24, 2.45) is 0 Å². The number of hydrogen-bond donors (Lipinski definition) is 0. The van der Waals surface area contributed by atoms with E-state index in [1.165, 1.54) is 0 Å². The van der Waals surface area contributed by atoms with Crippen molar-refractivity contribution >= 4 is 32.4 Å². The third-order valence-corrected chi connectivity index (χ3v) is 5.96. The van der Waals surface area contributed by atoms with Gasteiger partial charge in [-0.25, -0.2) is 8.42 Å². The van der Waals surface area contributed by atoms with Crippen molar-refractivity contribution in [1.29, 1.82) is 0 Å². The van der Waals surface area contributed by atoms with Gasteiger partial charge in [0.25, 0.3) is 0 Å². The summed E-state index contributed by atoms with van der Waals surface area (Å²) in [5.74, 6) is 0. The molecule has 4 heteroatoms. The van der Waals surface area contributed by atoms with Crippen LogP contribution in [-0.4, -0.2) is 12.2 Å². The van der Waals surface area contributed by atoms with Crippen molar-refractivity contribution < 1.29 is 8.42 Å². The van der Waals surface area contributed by atoms with Crippen molar-refractivity contribution in [2.45, 2.75) is 31.1 Å². The summed E-state index contributed by atoms with van der Waals surface area (Å²) >= 11 is 1.87. The summed E-state index contributed by atoms with van der Waals surface area (Å²) in [6, 6.07) is 7.15. The molecule has 84 valence electrons. The minimum absolute atomic E-state index is 0.0621. The molecule has 0 aromatic heterocycles. The van der Waals surface area contributed by atoms with E-state index >= 15 is 0 Å². The Balaban J connectivity index is 3.12. The molecule has 0 heterocycles. The lowest BCUT2D eigenvalue weighted by Gasteiger charge is -2.18. The Kier molecular flexibility index (Phi) is 3.81. The molecule has 0 unspecified atom stereocenters. The van der Waals surface area contributed by atoms with Crippen molar-refractivity contribution in [1.82, 2.24) is 0 Å². The van der Waals surface area contributed by atoms with Gasteiger partial charge in [0.1, 0.15) is 3.76 Å². The SMILES string of the molecule is CC(C)(C)c1ccc(S(=O)(=O)CI)cc1. The summed E-state index contributed by atoms with van der Waals surface area (Å²) < 4.78 is 23.2. The normalized spacial score (nSPS) is 12.8. The second-order valence-corrected chi connectivity index (χ2v) is 8.29. The van der Waals surface area contributed by atoms with E-state index in [1.807, 2.05) is 34.7 Å². The zero-order valence-corrected chi connectivity index (χ0v) is 12.1. The van der Waals surface area contributed by atoms with Crippen LogP contribution in [0.2, 0.25) is 0 Å². The quantitative estimate of drug-likeness (QED) is 0.613. The van der Waals surface area contributed by atoms with Gasteiger partial charge in [0.15, 0.2) is 9.84 Å². The van der Waals surface area contributed by atoms with Crippen LogP contribution in [0.15, 0.2) is 29.2 Å². The average molecular weight is 338 g/mol. The van der Waals surface area contributed by atoms with E-state index in [4.69, 9.17) is 0 Å². The van der Waals surface area contributed by atoms with Gasteiger partial charge in [-0.1, -0.05) is 55.5 Å². The lowest BCUT2D eigenvalue weighted by atomic mass is 9.87. The van der Waals surface area contributed by atoms with E-state index in [9.17, 15) is 8.42 Å². The molecular weight excluding hydrogens is 323 g/mol. The first-order chi connectivity index (χ1) is 6.77. The van der Waals surface area contributed by atoms with Crippen LogP contribution in [0.4, 0.5) is 0 Å². The van der Waals surface area contributed by atoms with Crippen LogP contribution in [0.3, 0.4) is 0 Å². The monoisotopic (exact) mass is 338 g/mol. The first kappa shape index (κ1) is 13.0. The molecule has 0 amide bonds. The molecule has 15 heavy (non-hydrogen) atoms. The van der Waals surface area contributed by atoms with Gasteiger partial charge in [0.2, 0.25) is 0 Å². The largest absolute Gasteiger partial charge is 0.223 e. The molecule has 0 aliphatic carbocycles. The van der Waals surface area contributed by atoms with Crippen LogP contribution in [0.1, 0.15) is 26.3 Å². The van der Waals surface area contributed by atoms with Gasteiger partial charge < -0.3 is 0 Å². The molecule has 2 nitrogen and oxygen atoms in total. The molecule has 0 atom stereocenters. The standard InChI is InChI=1S/C11H15IO2S/c1-11(2,3)9-4-6-10(7-5-9)15(13,14)8-12/h4-7H,8H2,1-3H3. The first-order valence-electron chi connectivity index (χ1n) is 4.66. The Morgan fingerprint density at radius 3 is 1.93 bits per heavy atom. The average Bonchev–Trinajstić information content (AvgIpc) is 2.17. The van der Waals surface area contributed by atoms with E-state index < -0.39 is 9.84 Å². The van der Waals surface area contributed by atoms with Crippen LogP contribution < -0.4 is 0 Å². The predicted octanol–water partition coefficient (Wildman–Crippen LogP) is 3.15. The van der Waals surface area contributed by atoms with Gasteiger partial charge in [-0.05, 0) is 23.1 Å². The van der Waals surface area contributed by atoms with Gasteiger partial charge in [0, 0.05) is 0 Å². The minimum Gasteiger partial charge on any atom is -0.223 e. The number of halogens is 1. The van der Waals surface area contributed by atoms with Gasteiger partial charge in [0.05, 0.1) is 4.90 Å². The molecule has 0 fully saturated rings. The third-order valence-electron chi connectivity index (χ3n) is 2.22.